The van der Waals surface area contributed by atoms with E-state index in [0.29, 0.717) is 27.8 Å². The Kier molecular flexibility index (Phi) is 4.27. The summed E-state index contributed by atoms with van der Waals surface area (Å²) in [5.74, 6) is -1.34. The molecule has 26 heavy (non-hydrogen) atoms. The molecule has 132 valence electrons. The van der Waals surface area contributed by atoms with E-state index in [1.165, 1.54) is 4.57 Å². The minimum absolute atomic E-state index is 0.0723. The van der Waals surface area contributed by atoms with Crippen molar-refractivity contribution in [2.24, 2.45) is 5.73 Å². The quantitative estimate of drug-likeness (QED) is 0.343. The van der Waals surface area contributed by atoms with E-state index >= 15 is 0 Å². The number of nitrogens with two attached hydrogens (primary N) is 2. The lowest BCUT2D eigenvalue weighted by molar-refractivity contribution is -0.137. The van der Waals surface area contributed by atoms with E-state index in [2.05, 4.69) is 10.3 Å². The number of amides is 1. The number of hydrogen-bond acceptors (Lipinski definition) is 5. The number of anilines is 2. The first-order chi connectivity index (χ1) is 12.3. The molecule has 0 unspecified atom stereocenters. The molecule has 0 atom stereocenters. The van der Waals surface area contributed by atoms with E-state index < -0.39 is 5.97 Å². The fourth-order valence-electron chi connectivity index (χ4n) is 2.53. The van der Waals surface area contributed by atoms with Crippen molar-refractivity contribution in [3.8, 4) is 0 Å². The number of carboxylic acids is 1. The van der Waals surface area contributed by atoms with Crippen LogP contribution in [0.3, 0.4) is 0 Å². The van der Waals surface area contributed by atoms with Crippen LogP contribution in [-0.4, -0.2) is 32.4 Å². The van der Waals surface area contributed by atoms with Gasteiger partial charge in [-0.1, -0.05) is 12.1 Å². The van der Waals surface area contributed by atoms with Crippen LogP contribution in [0, 0.1) is 5.41 Å². The first-order valence-electron chi connectivity index (χ1n) is 7.58. The fraction of sp³-hybridized carbons (Fsp3) is 0.0588. The molecular weight excluding hydrogens is 336 g/mol. The number of rotatable bonds is 5. The lowest BCUT2D eigenvalue weighted by atomic mass is 10.1. The van der Waals surface area contributed by atoms with Gasteiger partial charge in [0.1, 0.15) is 12.4 Å². The van der Waals surface area contributed by atoms with Crippen LogP contribution < -0.4 is 16.8 Å². The Hall–Kier alpha value is -3.88. The number of nitrogens with one attached hydrogen (secondary N) is 2. The van der Waals surface area contributed by atoms with Crippen molar-refractivity contribution >= 4 is 40.4 Å². The molecule has 1 heterocycles. The summed E-state index contributed by atoms with van der Waals surface area (Å²) in [6.45, 7) is -0.295. The number of hydrogen-bond donors (Lipinski definition) is 5. The van der Waals surface area contributed by atoms with Gasteiger partial charge in [-0.05, 0) is 30.3 Å². The highest BCUT2D eigenvalue weighted by atomic mass is 16.4. The Morgan fingerprint density at radius 2 is 1.81 bits per heavy atom. The molecule has 3 aromatic rings. The molecule has 7 N–H and O–H groups in total. The molecule has 3 rings (SSSR count). The van der Waals surface area contributed by atoms with Crippen LogP contribution in [0.5, 0.6) is 0 Å². The fourth-order valence-corrected chi connectivity index (χ4v) is 2.53. The van der Waals surface area contributed by atoms with E-state index in [1.807, 2.05) is 0 Å². The Bertz CT molecular complexity index is 1020. The number of amidine groups is 1. The molecule has 9 heteroatoms. The third-order valence-electron chi connectivity index (χ3n) is 3.79. The van der Waals surface area contributed by atoms with E-state index in [1.54, 1.807) is 42.5 Å². The van der Waals surface area contributed by atoms with E-state index in [9.17, 15) is 9.59 Å². The Morgan fingerprint density at radius 3 is 2.42 bits per heavy atom. The molecule has 0 saturated heterocycles. The SMILES string of the molecule is N=C(N)c1ccc(C(=O)Nc2ccc3c(c2)nc(N)n3CC(=O)O)cc1. The standard InChI is InChI=1S/C17H16N6O3/c18-15(19)9-1-3-10(4-2-9)16(26)21-11-5-6-13-12(7-11)22-17(20)23(13)8-14(24)25/h1-7H,8H2,(H3,18,19)(H2,20,22)(H,21,26)(H,24,25). The zero-order chi connectivity index (χ0) is 18.8. The first kappa shape index (κ1) is 17.0. The molecule has 0 fully saturated rings. The molecule has 0 radical (unpaired) electrons. The Morgan fingerprint density at radius 1 is 1.15 bits per heavy atom. The second kappa shape index (κ2) is 6.55. The number of aromatic nitrogens is 2. The summed E-state index contributed by atoms with van der Waals surface area (Å²) >= 11 is 0. The summed E-state index contributed by atoms with van der Waals surface area (Å²) in [6.07, 6.45) is 0. The molecule has 1 aromatic heterocycles. The van der Waals surface area contributed by atoms with E-state index in [4.69, 9.17) is 22.0 Å². The molecule has 0 aliphatic carbocycles. The average molecular weight is 352 g/mol. The lowest BCUT2D eigenvalue weighted by Gasteiger charge is -2.07. The van der Waals surface area contributed by atoms with Crippen molar-refractivity contribution in [2.75, 3.05) is 11.1 Å². The number of aliphatic carboxylic acids is 1. The zero-order valence-corrected chi connectivity index (χ0v) is 13.6. The summed E-state index contributed by atoms with van der Waals surface area (Å²) in [5, 5.41) is 19.0. The van der Waals surface area contributed by atoms with Gasteiger partial charge in [-0.25, -0.2) is 4.98 Å². The van der Waals surface area contributed by atoms with Gasteiger partial charge in [0.15, 0.2) is 0 Å². The van der Waals surface area contributed by atoms with Crippen LogP contribution in [-0.2, 0) is 11.3 Å². The minimum Gasteiger partial charge on any atom is -0.480 e. The number of carboxylic acid groups (broad SMARTS) is 1. The molecule has 0 spiro atoms. The van der Waals surface area contributed by atoms with Gasteiger partial charge < -0.3 is 21.9 Å². The molecule has 0 saturated carbocycles. The van der Waals surface area contributed by atoms with Gasteiger partial charge in [-0.15, -0.1) is 0 Å². The van der Waals surface area contributed by atoms with Gasteiger partial charge in [0, 0.05) is 16.8 Å². The largest absolute Gasteiger partial charge is 0.480 e. The summed E-state index contributed by atoms with van der Waals surface area (Å²) in [4.78, 5) is 27.4. The second-order valence-electron chi connectivity index (χ2n) is 5.60. The maximum atomic E-state index is 12.3. The van der Waals surface area contributed by atoms with Gasteiger partial charge in [0.25, 0.3) is 5.91 Å². The van der Waals surface area contributed by atoms with E-state index in [0.717, 1.165) is 0 Å². The highest BCUT2D eigenvalue weighted by Gasteiger charge is 2.13. The van der Waals surface area contributed by atoms with Crippen LogP contribution in [0.1, 0.15) is 15.9 Å². The van der Waals surface area contributed by atoms with Gasteiger partial charge >= 0.3 is 5.97 Å². The third kappa shape index (κ3) is 3.31. The summed E-state index contributed by atoms with van der Waals surface area (Å²) < 4.78 is 1.38. The summed E-state index contributed by atoms with van der Waals surface area (Å²) in [7, 11) is 0. The number of fused-ring (bicyclic) bond motifs is 1. The normalized spacial score (nSPS) is 10.6. The van der Waals surface area contributed by atoms with Crippen molar-refractivity contribution in [1.82, 2.24) is 9.55 Å². The third-order valence-corrected chi connectivity index (χ3v) is 3.79. The lowest BCUT2D eigenvalue weighted by Crippen LogP contribution is -2.14. The topological polar surface area (TPSA) is 160 Å². The number of carbonyl (C=O) groups is 2. The van der Waals surface area contributed by atoms with Crippen LogP contribution in [0.25, 0.3) is 11.0 Å². The van der Waals surface area contributed by atoms with Crippen LogP contribution in [0.4, 0.5) is 11.6 Å². The van der Waals surface area contributed by atoms with Gasteiger partial charge in [0.2, 0.25) is 5.95 Å². The minimum atomic E-state index is -1.03. The van der Waals surface area contributed by atoms with Crippen LogP contribution in [0.2, 0.25) is 0 Å². The monoisotopic (exact) mass is 352 g/mol. The highest BCUT2D eigenvalue weighted by molar-refractivity contribution is 6.05. The molecule has 0 bridgehead atoms. The van der Waals surface area contributed by atoms with E-state index in [-0.39, 0.29) is 24.2 Å². The van der Waals surface area contributed by atoms with Crippen molar-refractivity contribution < 1.29 is 14.7 Å². The number of nitrogen functional groups attached to an aromatic ring is 2. The van der Waals surface area contributed by atoms with Gasteiger partial charge in [-0.2, -0.15) is 0 Å². The van der Waals surface area contributed by atoms with Crippen molar-refractivity contribution in [3.05, 3.63) is 53.6 Å². The predicted molar refractivity (Wildman–Crippen MR) is 97.2 cm³/mol. The average Bonchev–Trinajstić information content (AvgIpc) is 2.89. The van der Waals surface area contributed by atoms with Gasteiger partial charge in [0.05, 0.1) is 11.0 Å². The zero-order valence-electron chi connectivity index (χ0n) is 13.6. The van der Waals surface area contributed by atoms with Crippen LogP contribution in [0.15, 0.2) is 42.5 Å². The smallest absolute Gasteiger partial charge is 0.323 e. The maximum Gasteiger partial charge on any atom is 0.323 e. The molecule has 1 amide bonds. The maximum absolute atomic E-state index is 12.3. The number of benzene rings is 2. The molecular formula is C17H16N6O3. The predicted octanol–water partition coefficient (Wildman–Crippen LogP) is 1.24. The Balaban J connectivity index is 1.83. The second-order valence-corrected chi connectivity index (χ2v) is 5.60. The summed E-state index contributed by atoms with van der Waals surface area (Å²) in [5.41, 5.74) is 13.6. The number of imidazole rings is 1. The highest BCUT2D eigenvalue weighted by Crippen LogP contribution is 2.22. The van der Waals surface area contributed by atoms with Crippen molar-refractivity contribution in [2.45, 2.75) is 6.54 Å². The van der Waals surface area contributed by atoms with Gasteiger partial charge in [-0.3, -0.25) is 19.6 Å². The Labute approximate surface area is 147 Å². The molecule has 9 nitrogen and oxygen atoms in total. The summed E-state index contributed by atoms with van der Waals surface area (Å²) in [6, 6.07) is 11.2. The molecule has 0 aliphatic heterocycles. The molecule has 0 aliphatic rings. The number of nitrogens with zero attached hydrogens (tertiary/aromatic N) is 2. The number of carbonyl (C=O) groups excluding carboxylic acids is 1. The first-order valence-corrected chi connectivity index (χ1v) is 7.58. The van der Waals surface area contributed by atoms with Crippen molar-refractivity contribution in [3.63, 3.8) is 0 Å². The van der Waals surface area contributed by atoms with Crippen LogP contribution >= 0.6 is 0 Å². The molecule has 2 aromatic carbocycles. The van der Waals surface area contributed by atoms with Crippen molar-refractivity contribution in [1.29, 1.82) is 5.41 Å².